The first-order valence-corrected chi connectivity index (χ1v) is 5.59. The maximum atomic E-state index is 11.4. The molecule has 0 aliphatic rings. The monoisotopic (exact) mass is 246 g/mol. The number of hydrogen-bond donors (Lipinski definition) is 3. The fraction of sp³-hybridized carbons (Fsp3) is 0.143. The number of hydrogen-bond acceptors (Lipinski definition) is 6. The highest BCUT2D eigenvalue weighted by Gasteiger charge is 2.18. The summed E-state index contributed by atoms with van der Waals surface area (Å²) in [5.41, 5.74) is 1.72. The highest BCUT2D eigenvalue weighted by atomic mass is 32.2. The quantitative estimate of drug-likeness (QED) is 0.383. The van der Waals surface area contributed by atoms with Gasteiger partial charge < -0.3 is 5.43 Å². The maximum Gasteiger partial charge on any atom is 0.293 e. The summed E-state index contributed by atoms with van der Waals surface area (Å²) in [4.78, 5) is 9.79. The molecule has 0 atom stereocenters. The molecule has 0 fully saturated rings. The molecule has 0 heterocycles. The summed E-state index contributed by atoms with van der Waals surface area (Å²) in [6.07, 6.45) is 0. The number of nitrogen functional groups attached to an aromatic ring is 1. The van der Waals surface area contributed by atoms with Crippen LogP contribution in [-0.4, -0.2) is 20.4 Å². The first-order chi connectivity index (χ1) is 7.42. The van der Waals surface area contributed by atoms with E-state index in [1.807, 2.05) is 0 Å². The lowest BCUT2D eigenvalue weighted by Crippen LogP contribution is -2.19. The van der Waals surface area contributed by atoms with Crippen LogP contribution in [0.5, 0.6) is 0 Å². The van der Waals surface area contributed by atoms with Crippen LogP contribution in [-0.2, 0) is 10.0 Å². The molecule has 0 aromatic heterocycles. The van der Waals surface area contributed by atoms with Crippen LogP contribution in [0.15, 0.2) is 23.1 Å². The van der Waals surface area contributed by atoms with Crippen LogP contribution in [0.2, 0.25) is 0 Å². The molecule has 1 aromatic carbocycles. The standard InChI is InChI=1S/C7H10N4O4S/c1-9-16(14,15)5-2-3-7(11(12)13)6(4-5)10-8/h2-4,9-10H,8H2,1H3. The molecule has 0 radical (unpaired) electrons. The lowest BCUT2D eigenvalue weighted by atomic mass is 10.3. The predicted octanol–water partition coefficient (Wildman–Crippen LogP) is -0.212. The zero-order valence-corrected chi connectivity index (χ0v) is 9.11. The smallest absolute Gasteiger partial charge is 0.293 e. The van der Waals surface area contributed by atoms with E-state index in [-0.39, 0.29) is 16.3 Å². The van der Waals surface area contributed by atoms with Crippen molar-refractivity contribution in [3.63, 3.8) is 0 Å². The van der Waals surface area contributed by atoms with Crippen LogP contribution >= 0.6 is 0 Å². The van der Waals surface area contributed by atoms with Gasteiger partial charge in [-0.25, -0.2) is 13.1 Å². The van der Waals surface area contributed by atoms with E-state index >= 15 is 0 Å². The molecule has 16 heavy (non-hydrogen) atoms. The first kappa shape index (κ1) is 12.4. The van der Waals surface area contributed by atoms with E-state index in [1.165, 1.54) is 7.05 Å². The van der Waals surface area contributed by atoms with Gasteiger partial charge in [0, 0.05) is 6.07 Å². The Bertz CT molecular complexity index is 513. The summed E-state index contributed by atoms with van der Waals surface area (Å²) in [7, 11) is -2.40. The van der Waals surface area contributed by atoms with Crippen molar-refractivity contribution in [1.82, 2.24) is 4.72 Å². The molecule has 0 aliphatic heterocycles. The minimum absolute atomic E-state index is 0.0682. The van der Waals surface area contributed by atoms with Gasteiger partial charge in [-0.2, -0.15) is 0 Å². The lowest BCUT2D eigenvalue weighted by molar-refractivity contribution is -0.384. The van der Waals surface area contributed by atoms with E-state index in [2.05, 4.69) is 10.1 Å². The van der Waals surface area contributed by atoms with Gasteiger partial charge in [-0.1, -0.05) is 0 Å². The molecule has 0 aliphatic carbocycles. The van der Waals surface area contributed by atoms with Crippen LogP contribution < -0.4 is 16.0 Å². The second-order valence-electron chi connectivity index (χ2n) is 2.79. The lowest BCUT2D eigenvalue weighted by Gasteiger charge is -2.05. The SMILES string of the molecule is CNS(=O)(=O)c1ccc([N+](=O)[O-])c(NN)c1. The highest BCUT2D eigenvalue weighted by molar-refractivity contribution is 7.89. The summed E-state index contributed by atoms with van der Waals surface area (Å²) in [5.74, 6) is 5.07. The Morgan fingerprint density at radius 1 is 1.44 bits per heavy atom. The van der Waals surface area contributed by atoms with Gasteiger partial charge in [-0.3, -0.25) is 16.0 Å². The Morgan fingerprint density at radius 2 is 2.06 bits per heavy atom. The van der Waals surface area contributed by atoms with Gasteiger partial charge >= 0.3 is 0 Å². The first-order valence-electron chi connectivity index (χ1n) is 4.11. The third-order valence-electron chi connectivity index (χ3n) is 1.90. The van der Waals surface area contributed by atoms with E-state index in [1.54, 1.807) is 0 Å². The molecule has 1 rings (SSSR count). The molecule has 4 N–H and O–H groups in total. The Labute approximate surface area is 91.6 Å². The predicted molar refractivity (Wildman–Crippen MR) is 57.2 cm³/mol. The van der Waals surface area contributed by atoms with Crippen molar-refractivity contribution in [2.45, 2.75) is 4.90 Å². The van der Waals surface area contributed by atoms with Crippen molar-refractivity contribution >= 4 is 21.4 Å². The number of hydrazine groups is 1. The Kier molecular flexibility index (Phi) is 3.42. The molecular formula is C7H10N4O4S. The van der Waals surface area contributed by atoms with E-state index < -0.39 is 14.9 Å². The Balaban J connectivity index is 3.35. The Morgan fingerprint density at radius 3 is 2.50 bits per heavy atom. The molecule has 9 heteroatoms. The fourth-order valence-corrected chi connectivity index (χ4v) is 1.83. The molecule has 0 bridgehead atoms. The molecule has 0 unspecified atom stereocenters. The normalized spacial score (nSPS) is 11.1. The van der Waals surface area contributed by atoms with Crippen LogP contribution in [0, 0.1) is 10.1 Å². The molecule has 88 valence electrons. The van der Waals surface area contributed by atoms with Crippen molar-refractivity contribution in [1.29, 1.82) is 0 Å². The third kappa shape index (κ3) is 2.27. The van der Waals surface area contributed by atoms with Gasteiger partial charge in [0.25, 0.3) is 5.69 Å². The van der Waals surface area contributed by atoms with Crippen molar-refractivity contribution in [3.8, 4) is 0 Å². The number of nitro groups is 1. The maximum absolute atomic E-state index is 11.4. The minimum Gasteiger partial charge on any atom is -0.318 e. The molecule has 1 aromatic rings. The second-order valence-corrected chi connectivity index (χ2v) is 4.67. The van der Waals surface area contributed by atoms with Crippen LogP contribution in [0.4, 0.5) is 11.4 Å². The fourth-order valence-electron chi connectivity index (χ4n) is 1.07. The van der Waals surface area contributed by atoms with Gasteiger partial charge in [-0.05, 0) is 19.2 Å². The molecule has 0 amide bonds. The van der Waals surface area contributed by atoms with Crippen molar-refractivity contribution in [3.05, 3.63) is 28.3 Å². The molecular weight excluding hydrogens is 236 g/mol. The van der Waals surface area contributed by atoms with Gasteiger partial charge in [0.15, 0.2) is 0 Å². The number of anilines is 1. The Hall–Kier alpha value is -1.71. The molecule has 0 saturated carbocycles. The second kappa shape index (κ2) is 4.43. The molecule has 0 spiro atoms. The number of nitrogens with one attached hydrogen (secondary N) is 2. The summed E-state index contributed by atoms with van der Waals surface area (Å²) in [6.45, 7) is 0. The van der Waals surface area contributed by atoms with E-state index in [4.69, 9.17) is 5.84 Å². The van der Waals surface area contributed by atoms with Gasteiger partial charge in [0.05, 0.1) is 9.82 Å². The van der Waals surface area contributed by atoms with Crippen LogP contribution in [0.3, 0.4) is 0 Å². The number of benzene rings is 1. The third-order valence-corrected chi connectivity index (χ3v) is 3.31. The van der Waals surface area contributed by atoms with Crippen molar-refractivity contribution < 1.29 is 13.3 Å². The van der Waals surface area contributed by atoms with Crippen LogP contribution in [0.1, 0.15) is 0 Å². The van der Waals surface area contributed by atoms with Crippen molar-refractivity contribution in [2.75, 3.05) is 12.5 Å². The summed E-state index contributed by atoms with van der Waals surface area (Å²) >= 11 is 0. The number of sulfonamides is 1. The average Bonchev–Trinajstić information content (AvgIpc) is 2.27. The topological polar surface area (TPSA) is 127 Å². The summed E-state index contributed by atoms with van der Waals surface area (Å²) < 4.78 is 24.9. The number of nitrogens with two attached hydrogens (primary N) is 1. The van der Waals surface area contributed by atoms with Gasteiger partial charge in [-0.15, -0.1) is 0 Å². The number of rotatable bonds is 4. The van der Waals surface area contributed by atoms with E-state index in [0.717, 1.165) is 18.2 Å². The van der Waals surface area contributed by atoms with Gasteiger partial charge in [0.2, 0.25) is 10.0 Å². The van der Waals surface area contributed by atoms with E-state index in [9.17, 15) is 18.5 Å². The highest BCUT2D eigenvalue weighted by Crippen LogP contribution is 2.26. The zero-order valence-electron chi connectivity index (χ0n) is 8.30. The largest absolute Gasteiger partial charge is 0.318 e. The number of nitrogens with zero attached hydrogens (tertiary/aromatic N) is 1. The molecule has 0 saturated heterocycles. The minimum atomic E-state index is -3.64. The summed E-state index contributed by atoms with van der Waals surface area (Å²) in [6, 6.07) is 3.29. The van der Waals surface area contributed by atoms with Crippen molar-refractivity contribution in [2.24, 2.45) is 5.84 Å². The molecule has 8 nitrogen and oxygen atoms in total. The van der Waals surface area contributed by atoms with Gasteiger partial charge in [0.1, 0.15) is 5.69 Å². The number of nitro benzene ring substituents is 1. The van der Waals surface area contributed by atoms with E-state index in [0.29, 0.717) is 0 Å². The van der Waals surface area contributed by atoms with Crippen LogP contribution in [0.25, 0.3) is 0 Å². The zero-order chi connectivity index (χ0) is 12.3. The summed E-state index contributed by atoms with van der Waals surface area (Å²) in [5, 5.41) is 10.6. The average molecular weight is 246 g/mol.